The van der Waals surface area contributed by atoms with E-state index in [9.17, 15) is 4.79 Å². The van der Waals surface area contributed by atoms with E-state index < -0.39 is 0 Å². The molecule has 0 aliphatic carbocycles. The van der Waals surface area contributed by atoms with Crippen LogP contribution < -0.4 is 11.1 Å². The maximum atomic E-state index is 11.8. The van der Waals surface area contributed by atoms with Crippen molar-refractivity contribution in [3.05, 3.63) is 54.1 Å². The topological polar surface area (TPSA) is 64.3 Å². The van der Waals surface area contributed by atoms with Crippen LogP contribution in [-0.2, 0) is 4.74 Å². The van der Waals surface area contributed by atoms with E-state index in [-0.39, 0.29) is 17.2 Å². The molecule has 0 saturated heterocycles. The van der Waals surface area contributed by atoms with Gasteiger partial charge in [-0.15, -0.1) is 0 Å². The Balaban J connectivity index is 2.20. The second-order valence-electron chi connectivity index (χ2n) is 5.10. The van der Waals surface area contributed by atoms with Crippen LogP contribution in [0.3, 0.4) is 0 Å². The van der Waals surface area contributed by atoms with Crippen LogP contribution in [0.25, 0.3) is 11.1 Å². The molecule has 2 rings (SSSR count). The highest BCUT2D eigenvalue weighted by Crippen LogP contribution is 2.23. The summed E-state index contributed by atoms with van der Waals surface area (Å²) in [5.41, 5.74) is 8.84. The average Bonchev–Trinajstić information content (AvgIpc) is 2.46. The minimum Gasteiger partial charge on any atom is -0.459 e. The summed E-state index contributed by atoms with van der Waals surface area (Å²) in [7, 11) is 0. The predicted octanol–water partition coefficient (Wildman–Crippen LogP) is 3.57. The van der Waals surface area contributed by atoms with Gasteiger partial charge in [-0.2, -0.15) is 0 Å². The van der Waals surface area contributed by atoms with Crippen molar-refractivity contribution in [1.82, 2.24) is 0 Å². The second-order valence-corrected chi connectivity index (χ2v) is 5.54. The van der Waals surface area contributed by atoms with Gasteiger partial charge in [-0.25, -0.2) is 4.79 Å². The molecule has 0 atom stereocenters. The van der Waals surface area contributed by atoms with Crippen LogP contribution >= 0.6 is 12.2 Å². The zero-order chi connectivity index (χ0) is 16.1. The van der Waals surface area contributed by atoms with E-state index in [1.54, 1.807) is 12.1 Å². The molecule has 0 spiro atoms. The third-order valence-electron chi connectivity index (χ3n) is 2.93. The van der Waals surface area contributed by atoms with Gasteiger partial charge in [0.15, 0.2) is 5.11 Å². The number of ether oxygens (including phenoxy) is 1. The molecule has 4 nitrogen and oxygen atoms in total. The monoisotopic (exact) mass is 314 g/mol. The van der Waals surface area contributed by atoms with E-state index in [1.807, 2.05) is 50.2 Å². The van der Waals surface area contributed by atoms with E-state index in [4.69, 9.17) is 22.7 Å². The lowest BCUT2D eigenvalue weighted by atomic mass is 10.0. The van der Waals surface area contributed by atoms with Crippen LogP contribution in [0.2, 0.25) is 0 Å². The standard InChI is InChI=1S/C17H18N2O2S/c1-11(2)21-16(20)13-8-6-12(7-9-13)14-4-3-5-15(10-14)19-17(18)22/h3-11H,1-2H3,(H3,18,19,22). The SMILES string of the molecule is CC(C)OC(=O)c1ccc(-c2cccc(NC(N)=S)c2)cc1. The van der Waals surface area contributed by atoms with Gasteiger partial charge < -0.3 is 15.8 Å². The lowest BCUT2D eigenvalue weighted by Crippen LogP contribution is -2.18. The number of hydrogen-bond donors (Lipinski definition) is 2. The molecule has 0 aliphatic heterocycles. The van der Waals surface area contributed by atoms with Crippen molar-refractivity contribution in [3.63, 3.8) is 0 Å². The first kappa shape index (κ1) is 16.0. The minimum absolute atomic E-state index is 0.130. The number of esters is 1. The van der Waals surface area contributed by atoms with E-state index in [0.717, 1.165) is 16.8 Å². The molecule has 0 aromatic heterocycles. The Bertz CT molecular complexity index is 681. The number of carbonyl (C=O) groups is 1. The number of nitrogens with one attached hydrogen (secondary N) is 1. The van der Waals surface area contributed by atoms with Gasteiger partial charge in [0.2, 0.25) is 0 Å². The molecule has 0 radical (unpaired) electrons. The normalized spacial score (nSPS) is 10.3. The quantitative estimate of drug-likeness (QED) is 0.667. The number of benzene rings is 2. The molecular formula is C17H18N2O2S. The maximum absolute atomic E-state index is 11.8. The maximum Gasteiger partial charge on any atom is 0.338 e. The lowest BCUT2D eigenvalue weighted by molar-refractivity contribution is 0.0378. The molecule has 0 fully saturated rings. The fourth-order valence-corrected chi connectivity index (χ4v) is 2.12. The molecule has 114 valence electrons. The molecule has 0 bridgehead atoms. The van der Waals surface area contributed by atoms with E-state index >= 15 is 0 Å². The van der Waals surface area contributed by atoms with Crippen molar-refractivity contribution in [1.29, 1.82) is 0 Å². The van der Waals surface area contributed by atoms with Crippen molar-refractivity contribution < 1.29 is 9.53 Å². The summed E-state index contributed by atoms with van der Waals surface area (Å²) in [6, 6.07) is 15.0. The van der Waals surface area contributed by atoms with Gasteiger partial charge >= 0.3 is 5.97 Å². The zero-order valence-corrected chi connectivity index (χ0v) is 13.3. The minimum atomic E-state index is -0.314. The first-order valence-electron chi connectivity index (χ1n) is 6.93. The highest BCUT2D eigenvalue weighted by Gasteiger charge is 2.09. The number of carbonyl (C=O) groups excluding carboxylic acids is 1. The summed E-state index contributed by atoms with van der Waals surface area (Å²) in [6.45, 7) is 3.65. The molecule has 0 heterocycles. The molecule has 2 aromatic rings. The van der Waals surface area contributed by atoms with Crippen LogP contribution in [0.5, 0.6) is 0 Å². The summed E-state index contributed by atoms with van der Waals surface area (Å²) < 4.78 is 5.17. The lowest BCUT2D eigenvalue weighted by Gasteiger charge is -2.09. The van der Waals surface area contributed by atoms with E-state index in [0.29, 0.717) is 5.56 Å². The summed E-state index contributed by atoms with van der Waals surface area (Å²) in [4.78, 5) is 11.8. The van der Waals surface area contributed by atoms with Crippen LogP contribution in [0.4, 0.5) is 5.69 Å². The van der Waals surface area contributed by atoms with Gasteiger partial charge in [0.1, 0.15) is 0 Å². The van der Waals surface area contributed by atoms with Crippen molar-refractivity contribution in [2.24, 2.45) is 5.73 Å². The Hall–Kier alpha value is -2.40. The van der Waals surface area contributed by atoms with Crippen molar-refractivity contribution in [2.75, 3.05) is 5.32 Å². The van der Waals surface area contributed by atoms with Gasteiger partial charge in [0.25, 0.3) is 0 Å². The smallest absolute Gasteiger partial charge is 0.338 e. The fraction of sp³-hybridized carbons (Fsp3) is 0.176. The van der Waals surface area contributed by atoms with Crippen LogP contribution in [0.1, 0.15) is 24.2 Å². The highest BCUT2D eigenvalue weighted by atomic mass is 32.1. The third-order valence-corrected chi connectivity index (χ3v) is 3.03. The number of nitrogens with two attached hydrogens (primary N) is 1. The van der Waals surface area contributed by atoms with Gasteiger partial charge in [-0.05, 0) is 61.5 Å². The molecule has 22 heavy (non-hydrogen) atoms. The van der Waals surface area contributed by atoms with E-state index in [1.165, 1.54) is 0 Å². The Morgan fingerprint density at radius 2 is 1.82 bits per heavy atom. The third kappa shape index (κ3) is 4.30. The summed E-state index contributed by atoms with van der Waals surface area (Å²) in [5.74, 6) is -0.314. The van der Waals surface area contributed by atoms with Gasteiger partial charge in [0.05, 0.1) is 11.7 Å². The second kappa shape index (κ2) is 7.04. The largest absolute Gasteiger partial charge is 0.459 e. The molecule has 0 unspecified atom stereocenters. The number of rotatable bonds is 4. The van der Waals surface area contributed by atoms with E-state index in [2.05, 4.69) is 5.32 Å². The molecular weight excluding hydrogens is 296 g/mol. The van der Waals surface area contributed by atoms with Crippen molar-refractivity contribution in [3.8, 4) is 11.1 Å². The molecule has 2 aromatic carbocycles. The number of hydrogen-bond acceptors (Lipinski definition) is 3. The first-order chi connectivity index (χ1) is 10.5. The fourth-order valence-electron chi connectivity index (χ4n) is 2.00. The Kier molecular flexibility index (Phi) is 5.12. The molecule has 3 N–H and O–H groups in total. The van der Waals surface area contributed by atoms with Crippen LogP contribution in [0, 0.1) is 0 Å². The van der Waals surface area contributed by atoms with Gasteiger partial charge in [0, 0.05) is 5.69 Å². The number of anilines is 1. The first-order valence-corrected chi connectivity index (χ1v) is 7.34. The summed E-state index contributed by atoms with van der Waals surface area (Å²) in [6.07, 6.45) is -0.130. The zero-order valence-electron chi connectivity index (χ0n) is 12.5. The van der Waals surface area contributed by atoms with Crippen LogP contribution in [-0.4, -0.2) is 17.2 Å². The van der Waals surface area contributed by atoms with Crippen LogP contribution in [0.15, 0.2) is 48.5 Å². The van der Waals surface area contributed by atoms with Crippen molar-refractivity contribution >= 4 is 29.0 Å². The summed E-state index contributed by atoms with van der Waals surface area (Å²) >= 11 is 4.83. The Labute approximate surface area is 135 Å². The van der Waals surface area contributed by atoms with Gasteiger partial charge in [-0.3, -0.25) is 0 Å². The molecule has 0 amide bonds. The Morgan fingerprint density at radius 3 is 2.41 bits per heavy atom. The van der Waals surface area contributed by atoms with Crippen molar-refractivity contribution in [2.45, 2.75) is 20.0 Å². The average molecular weight is 314 g/mol. The predicted molar refractivity (Wildman–Crippen MR) is 92.8 cm³/mol. The highest BCUT2D eigenvalue weighted by molar-refractivity contribution is 7.80. The molecule has 0 saturated carbocycles. The number of thiocarbonyl (C=S) groups is 1. The Morgan fingerprint density at radius 1 is 1.14 bits per heavy atom. The molecule has 0 aliphatic rings. The van der Waals surface area contributed by atoms with Gasteiger partial charge in [-0.1, -0.05) is 24.3 Å². The summed E-state index contributed by atoms with van der Waals surface area (Å²) in [5, 5.41) is 3.13. The molecule has 5 heteroatoms.